The summed E-state index contributed by atoms with van der Waals surface area (Å²) in [5.41, 5.74) is 0.882. The van der Waals surface area contributed by atoms with E-state index in [1.807, 2.05) is 23.0 Å². The highest BCUT2D eigenvalue weighted by molar-refractivity contribution is 6.30. The molecule has 3 nitrogen and oxygen atoms in total. The van der Waals surface area contributed by atoms with Gasteiger partial charge < -0.3 is 5.32 Å². The predicted octanol–water partition coefficient (Wildman–Crippen LogP) is 2.47. The Kier molecular flexibility index (Phi) is 4.12. The fourth-order valence-electron chi connectivity index (χ4n) is 1.51. The quantitative estimate of drug-likeness (QED) is 0.830. The van der Waals surface area contributed by atoms with E-state index in [9.17, 15) is 4.39 Å². The summed E-state index contributed by atoms with van der Waals surface area (Å²) in [6, 6.07) is 6.71. The van der Waals surface area contributed by atoms with Crippen molar-refractivity contribution < 1.29 is 4.39 Å². The zero-order valence-electron chi connectivity index (χ0n) is 9.24. The van der Waals surface area contributed by atoms with Crippen LogP contribution in [-0.2, 0) is 13.1 Å². The second-order valence-corrected chi connectivity index (χ2v) is 4.10. The summed E-state index contributed by atoms with van der Waals surface area (Å²) in [5, 5.41) is 7.46. The van der Waals surface area contributed by atoms with Crippen molar-refractivity contribution in [2.45, 2.75) is 13.1 Å². The minimum Gasteiger partial charge on any atom is -0.311 e. The number of hydrogen-bond donors (Lipinski definition) is 1. The molecule has 0 atom stereocenters. The lowest BCUT2D eigenvalue weighted by molar-refractivity contribution is 0.553. The second-order valence-electron chi connectivity index (χ2n) is 3.69. The standard InChI is InChI=1S/C12H13ClFN3/c13-11-3-2-10(8-12(11)14)9-15-5-7-17-6-1-4-16-17/h1-4,6,8,15H,5,7,9H2. The summed E-state index contributed by atoms with van der Waals surface area (Å²) in [6.07, 6.45) is 3.65. The maximum absolute atomic E-state index is 13.1. The zero-order valence-corrected chi connectivity index (χ0v) is 9.99. The van der Waals surface area contributed by atoms with Gasteiger partial charge in [-0.3, -0.25) is 4.68 Å². The van der Waals surface area contributed by atoms with E-state index in [0.29, 0.717) is 6.54 Å². The van der Waals surface area contributed by atoms with E-state index in [-0.39, 0.29) is 10.8 Å². The molecule has 1 N–H and O–H groups in total. The van der Waals surface area contributed by atoms with Crippen LogP contribution in [0.15, 0.2) is 36.7 Å². The first-order valence-electron chi connectivity index (χ1n) is 5.38. The van der Waals surface area contributed by atoms with Gasteiger partial charge in [-0.2, -0.15) is 5.10 Å². The molecular formula is C12H13ClFN3. The summed E-state index contributed by atoms with van der Waals surface area (Å²) >= 11 is 5.60. The molecule has 0 radical (unpaired) electrons. The Morgan fingerprint density at radius 3 is 3.00 bits per heavy atom. The second kappa shape index (κ2) is 5.80. The molecule has 0 fully saturated rings. The third kappa shape index (κ3) is 3.54. The Hall–Kier alpha value is -1.39. The van der Waals surface area contributed by atoms with Crippen molar-refractivity contribution in [1.82, 2.24) is 15.1 Å². The van der Waals surface area contributed by atoms with Gasteiger partial charge >= 0.3 is 0 Å². The van der Waals surface area contributed by atoms with Crippen LogP contribution in [0.4, 0.5) is 4.39 Å². The average molecular weight is 254 g/mol. The number of benzene rings is 1. The lowest BCUT2D eigenvalue weighted by atomic mass is 10.2. The molecule has 17 heavy (non-hydrogen) atoms. The molecule has 0 aliphatic heterocycles. The van der Waals surface area contributed by atoms with Gasteiger partial charge in [-0.05, 0) is 23.8 Å². The van der Waals surface area contributed by atoms with Gasteiger partial charge in [-0.1, -0.05) is 17.7 Å². The molecule has 0 saturated heterocycles. The number of rotatable bonds is 5. The van der Waals surface area contributed by atoms with Gasteiger partial charge in [0.1, 0.15) is 5.82 Å². The van der Waals surface area contributed by atoms with Crippen LogP contribution < -0.4 is 5.32 Å². The number of hydrogen-bond acceptors (Lipinski definition) is 2. The molecule has 2 aromatic rings. The molecule has 0 bridgehead atoms. The number of aromatic nitrogens is 2. The molecular weight excluding hydrogens is 241 g/mol. The number of halogens is 2. The van der Waals surface area contributed by atoms with Crippen molar-refractivity contribution in [3.8, 4) is 0 Å². The van der Waals surface area contributed by atoms with E-state index in [1.165, 1.54) is 6.07 Å². The van der Waals surface area contributed by atoms with Crippen LogP contribution in [0.3, 0.4) is 0 Å². The monoisotopic (exact) mass is 253 g/mol. The van der Waals surface area contributed by atoms with E-state index in [4.69, 9.17) is 11.6 Å². The molecule has 1 aromatic heterocycles. The Labute approximate surface area is 104 Å². The van der Waals surface area contributed by atoms with Crippen molar-refractivity contribution in [2.75, 3.05) is 6.54 Å². The molecule has 0 amide bonds. The highest BCUT2D eigenvalue weighted by Gasteiger charge is 2.00. The maximum atomic E-state index is 13.1. The maximum Gasteiger partial charge on any atom is 0.142 e. The Morgan fingerprint density at radius 2 is 2.29 bits per heavy atom. The van der Waals surface area contributed by atoms with Crippen molar-refractivity contribution in [1.29, 1.82) is 0 Å². The molecule has 1 aromatic carbocycles. The summed E-state index contributed by atoms with van der Waals surface area (Å²) in [6.45, 7) is 2.20. The SMILES string of the molecule is Fc1cc(CNCCn2cccn2)ccc1Cl. The van der Waals surface area contributed by atoms with Gasteiger partial charge in [-0.25, -0.2) is 4.39 Å². The molecule has 0 aliphatic carbocycles. The highest BCUT2D eigenvalue weighted by atomic mass is 35.5. The third-order valence-corrected chi connectivity index (χ3v) is 2.70. The summed E-state index contributed by atoms with van der Waals surface area (Å²) in [4.78, 5) is 0. The third-order valence-electron chi connectivity index (χ3n) is 2.39. The summed E-state index contributed by atoms with van der Waals surface area (Å²) < 4.78 is 15.0. The van der Waals surface area contributed by atoms with Crippen LogP contribution >= 0.6 is 11.6 Å². The molecule has 90 valence electrons. The molecule has 0 aliphatic rings. The van der Waals surface area contributed by atoms with E-state index >= 15 is 0 Å². The van der Waals surface area contributed by atoms with Gasteiger partial charge in [0.05, 0.1) is 11.6 Å². The average Bonchev–Trinajstić information content (AvgIpc) is 2.82. The topological polar surface area (TPSA) is 29.9 Å². The van der Waals surface area contributed by atoms with Crippen LogP contribution in [-0.4, -0.2) is 16.3 Å². The van der Waals surface area contributed by atoms with Gasteiger partial charge in [0.25, 0.3) is 0 Å². The van der Waals surface area contributed by atoms with Crippen molar-refractivity contribution in [3.63, 3.8) is 0 Å². The number of nitrogens with one attached hydrogen (secondary N) is 1. The van der Waals surface area contributed by atoms with Gasteiger partial charge in [0, 0.05) is 25.5 Å². The Balaban J connectivity index is 1.76. The predicted molar refractivity (Wildman–Crippen MR) is 65.3 cm³/mol. The van der Waals surface area contributed by atoms with E-state index in [2.05, 4.69) is 10.4 Å². The lowest BCUT2D eigenvalue weighted by Crippen LogP contribution is -2.19. The first-order valence-corrected chi connectivity index (χ1v) is 5.75. The smallest absolute Gasteiger partial charge is 0.142 e. The Bertz CT molecular complexity index is 471. The van der Waals surface area contributed by atoms with Crippen molar-refractivity contribution in [2.24, 2.45) is 0 Å². The van der Waals surface area contributed by atoms with E-state index < -0.39 is 0 Å². The van der Waals surface area contributed by atoms with Crippen molar-refractivity contribution >= 4 is 11.6 Å². The van der Waals surface area contributed by atoms with Gasteiger partial charge in [0.15, 0.2) is 0 Å². The zero-order chi connectivity index (χ0) is 12.1. The molecule has 0 saturated carbocycles. The van der Waals surface area contributed by atoms with Crippen LogP contribution in [0.1, 0.15) is 5.56 Å². The molecule has 2 rings (SSSR count). The van der Waals surface area contributed by atoms with E-state index in [1.54, 1.807) is 12.3 Å². The van der Waals surface area contributed by atoms with Gasteiger partial charge in [0.2, 0.25) is 0 Å². The van der Waals surface area contributed by atoms with Crippen molar-refractivity contribution in [3.05, 3.63) is 53.1 Å². The van der Waals surface area contributed by atoms with E-state index in [0.717, 1.165) is 18.7 Å². The molecule has 0 spiro atoms. The highest BCUT2D eigenvalue weighted by Crippen LogP contribution is 2.15. The first-order chi connectivity index (χ1) is 8.25. The first kappa shape index (κ1) is 12.1. The fraction of sp³-hybridized carbons (Fsp3) is 0.250. The minimum atomic E-state index is -0.377. The van der Waals surface area contributed by atoms with Crippen LogP contribution in [0.5, 0.6) is 0 Å². The van der Waals surface area contributed by atoms with Crippen LogP contribution in [0.25, 0.3) is 0 Å². The summed E-state index contributed by atoms with van der Waals surface area (Å²) in [7, 11) is 0. The molecule has 0 unspecified atom stereocenters. The number of nitrogens with zero attached hydrogens (tertiary/aromatic N) is 2. The van der Waals surface area contributed by atoms with Gasteiger partial charge in [-0.15, -0.1) is 0 Å². The van der Waals surface area contributed by atoms with Crippen LogP contribution in [0.2, 0.25) is 5.02 Å². The lowest BCUT2D eigenvalue weighted by Gasteiger charge is -2.05. The fourth-order valence-corrected chi connectivity index (χ4v) is 1.63. The minimum absolute atomic E-state index is 0.158. The Morgan fingerprint density at radius 1 is 1.41 bits per heavy atom. The molecule has 5 heteroatoms. The summed E-state index contributed by atoms with van der Waals surface area (Å²) in [5.74, 6) is -0.377. The molecule has 1 heterocycles. The largest absolute Gasteiger partial charge is 0.311 e. The van der Waals surface area contributed by atoms with Crippen LogP contribution in [0, 0.1) is 5.82 Å². The normalized spacial score (nSPS) is 10.7.